The quantitative estimate of drug-likeness (QED) is 0.665. The van der Waals surface area contributed by atoms with Crippen LogP contribution in [0.15, 0.2) is 39.4 Å². The van der Waals surface area contributed by atoms with Gasteiger partial charge >= 0.3 is 5.97 Å². The van der Waals surface area contributed by atoms with Gasteiger partial charge in [0.15, 0.2) is 0 Å². The van der Waals surface area contributed by atoms with Gasteiger partial charge in [-0.3, -0.25) is 0 Å². The summed E-state index contributed by atoms with van der Waals surface area (Å²) in [6, 6.07) is 7.25. The van der Waals surface area contributed by atoms with Crippen LogP contribution in [0, 0.1) is 3.57 Å². The number of carboxylic acids is 1. The van der Waals surface area contributed by atoms with Crippen molar-refractivity contribution in [3.63, 3.8) is 0 Å². The van der Waals surface area contributed by atoms with Gasteiger partial charge in [-0.25, -0.2) is 4.79 Å². The summed E-state index contributed by atoms with van der Waals surface area (Å²) in [5.41, 5.74) is 1.05. The fourth-order valence-electron chi connectivity index (χ4n) is 1.47. The van der Waals surface area contributed by atoms with E-state index in [2.05, 4.69) is 54.5 Å². The molecule has 0 aliphatic carbocycles. The zero-order valence-electron chi connectivity index (χ0n) is 8.32. The minimum Gasteiger partial charge on any atom is -0.477 e. The highest BCUT2D eigenvalue weighted by atomic mass is 127. The first-order chi connectivity index (χ1) is 7.99. The van der Waals surface area contributed by atoms with Gasteiger partial charge in [-0.05, 0) is 62.8 Å². The van der Waals surface area contributed by atoms with Gasteiger partial charge in [0.25, 0.3) is 0 Å². The van der Waals surface area contributed by atoms with Crippen LogP contribution in [0.5, 0.6) is 0 Å². The molecule has 0 saturated heterocycles. The average molecular weight is 471 g/mol. The zero-order chi connectivity index (χ0) is 12.6. The van der Waals surface area contributed by atoms with Crippen molar-refractivity contribution in [3.8, 4) is 5.69 Å². The lowest BCUT2D eigenvalue weighted by Crippen LogP contribution is -2.06. The highest BCUT2D eigenvalue weighted by Crippen LogP contribution is 2.27. The van der Waals surface area contributed by atoms with Gasteiger partial charge in [0, 0.05) is 18.7 Å². The van der Waals surface area contributed by atoms with E-state index in [-0.39, 0.29) is 5.69 Å². The molecule has 0 aliphatic rings. The Morgan fingerprint density at radius 1 is 1.29 bits per heavy atom. The van der Waals surface area contributed by atoms with Gasteiger partial charge in [0.1, 0.15) is 5.69 Å². The molecule has 0 amide bonds. The Labute approximate surface area is 128 Å². The standard InChI is InChI=1S/C11H6Br2INO2/c12-6-1-2-9(8(13)3-6)15-5-7(14)4-10(15)11(16)17/h1-5H,(H,16,17). The van der Waals surface area contributed by atoms with Gasteiger partial charge in [-0.15, -0.1) is 0 Å². The molecule has 88 valence electrons. The maximum atomic E-state index is 11.1. The predicted molar refractivity (Wildman–Crippen MR) is 80.8 cm³/mol. The van der Waals surface area contributed by atoms with Crippen molar-refractivity contribution in [1.82, 2.24) is 4.57 Å². The van der Waals surface area contributed by atoms with Crippen LogP contribution in [0.25, 0.3) is 5.69 Å². The summed E-state index contributed by atoms with van der Waals surface area (Å²) in [5.74, 6) is -0.942. The third kappa shape index (κ3) is 2.74. The Hall–Kier alpha value is -0.340. The summed E-state index contributed by atoms with van der Waals surface area (Å²) in [4.78, 5) is 11.1. The van der Waals surface area contributed by atoms with E-state index >= 15 is 0 Å². The number of halogens is 3. The molecule has 0 unspecified atom stereocenters. The molecule has 17 heavy (non-hydrogen) atoms. The Bertz CT molecular complexity index is 595. The molecule has 2 rings (SSSR count). The first-order valence-corrected chi connectivity index (χ1v) is 7.22. The van der Waals surface area contributed by atoms with Crippen molar-refractivity contribution in [1.29, 1.82) is 0 Å². The largest absolute Gasteiger partial charge is 0.477 e. The molecule has 0 atom stereocenters. The summed E-state index contributed by atoms with van der Waals surface area (Å²) in [6.07, 6.45) is 1.79. The van der Waals surface area contributed by atoms with Gasteiger partial charge in [-0.1, -0.05) is 15.9 Å². The van der Waals surface area contributed by atoms with E-state index in [1.165, 1.54) is 0 Å². The van der Waals surface area contributed by atoms with Crippen LogP contribution >= 0.6 is 54.5 Å². The van der Waals surface area contributed by atoms with Crippen molar-refractivity contribution < 1.29 is 9.90 Å². The summed E-state index contributed by atoms with van der Waals surface area (Å²) < 4.78 is 4.31. The van der Waals surface area contributed by atoms with E-state index in [1.807, 2.05) is 18.2 Å². The highest BCUT2D eigenvalue weighted by Gasteiger charge is 2.14. The van der Waals surface area contributed by atoms with E-state index in [0.717, 1.165) is 18.2 Å². The summed E-state index contributed by atoms with van der Waals surface area (Å²) >= 11 is 8.89. The number of benzene rings is 1. The Morgan fingerprint density at radius 2 is 2.00 bits per heavy atom. The van der Waals surface area contributed by atoms with Gasteiger partial charge in [-0.2, -0.15) is 0 Å². The number of carbonyl (C=O) groups is 1. The highest BCUT2D eigenvalue weighted by molar-refractivity contribution is 14.1. The van der Waals surface area contributed by atoms with E-state index in [9.17, 15) is 4.79 Å². The summed E-state index contributed by atoms with van der Waals surface area (Å²) in [5, 5.41) is 9.14. The molecular weight excluding hydrogens is 465 g/mol. The third-order valence-electron chi connectivity index (χ3n) is 2.17. The Balaban J connectivity index is 2.63. The lowest BCUT2D eigenvalue weighted by molar-refractivity contribution is 0.0688. The van der Waals surface area contributed by atoms with Crippen molar-refractivity contribution in [2.24, 2.45) is 0 Å². The van der Waals surface area contributed by atoms with Gasteiger partial charge in [0.05, 0.1) is 5.69 Å². The number of nitrogens with zero attached hydrogens (tertiary/aromatic N) is 1. The maximum absolute atomic E-state index is 11.1. The van der Waals surface area contributed by atoms with Crippen molar-refractivity contribution in [3.05, 3.63) is 48.7 Å². The number of aromatic nitrogens is 1. The molecule has 0 spiro atoms. The second kappa shape index (κ2) is 5.11. The van der Waals surface area contributed by atoms with Crippen LogP contribution in [0.3, 0.4) is 0 Å². The van der Waals surface area contributed by atoms with Crippen LogP contribution in [0.4, 0.5) is 0 Å². The van der Waals surface area contributed by atoms with Crippen LogP contribution in [0.2, 0.25) is 0 Å². The maximum Gasteiger partial charge on any atom is 0.352 e. The molecule has 2 aromatic rings. The van der Waals surface area contributed by atoms with E-state index in [0.29, 0.717) is 0 Å². The predicted octanol–water partition coefficient (Wildman–Crippen LogP) is 4.31. The van der Waals surface area contributed by atoms with Crippen molar-refractivity contribution in [2.45, 2.75) is 0 Å². The van der Waals surface area contributed by atoms with E-state index in [1.54, 1.807) is 16.8 Å². The van der Waals surface area contributed by atoms with Crippen LogP contribution < -0.4 is 0 Å². The van der Waals surface area contributed by atoms with E-state index in [4.69, 9.17) is 5.11 Å². The number of rotatable bonds is 2. The molecule has 1 aromatic heterocycles. The molecule has 1 aromatic carbocycles. The number of hydrogen-bond donors (Lipinski definition) is 1. The van der Waals surface area contributed by atoms with E-state index < -0.39 is 5.97 Å². The number of aromatic carboxylic acids is 1. The third-order valence-corrected chi connectivity index (χ3v) is 3.89. The summed E-state index contributed by atoms with van der Waals surface area (Å²) in [6.45, 7) is 0. The molecule has 6 heteroatoms. The van der Waals surface area contributed by atoms with Crippen LogP contribution in [-0.4, -0.2) is 15.6 Å². The second-order valence-corrected chi connectivity index (χ2v) is 6.33. The minimum atomic E-state index is -0.942. The topological polar surface area (TPSA) is 42.2 Å². The lowest BCUT2D eigenvalue weighted by Gasteiger charge is -2.08. The van der Waals surface area contributed by atoms with Crippen molar-refractivity contribution in [2.75, 3.05) is 0 Å². The molecule has 0 saturated carbocycles. The van der Waals surface area contributed by atoms with Gasteiger partial charge < -0.3 is 9.67 Å². The fourth-order valence-corrected chi connectivity index (χ4v) is 3.28. The first-order valence-electron chi connectivity index (χ1n) is 4.55. The first kappa shape index (κ1) is 13.1. The van der Waals surface area contributed by atoms with Gasteiger partial charge in [0.2, 0.25) is 0 Å². The number of carboxylic acid groups (broad SMARTS) is 1. The molecule has 0 bridgehead atoms. The minimum absolute atomic E-state index is 0.248. The van der Waals surface area contributed by atoms with Crippen LogP contribution in [0.1, 0.15) is 10.5 Å². The zero-order valence-corrected chi connectivity index (χ0v) is 13.7. The Morgan fingerprint density at radius 3 is 2.59 bits per heavy atom. The molecule has 1 heterocycles. The molecule has 1 N–H and O–H groups in total. The SMILES string of the molecule is O=C(O)c1cc(I)cn1-c1ccc(Br)cc1Br. The normalized spacial score (nSPS) is 10.5. The molecule has 0 radical (unpaired) electrons. The smallest absolute Gasteiger partial charge is 0.352 e. The second-order valence-electron chi connectivity index (χ2n) is 3.31. The molecule has 0 fully saturated rings. The fraction of sp³-hybridized carbons (Fsp3) is 0. The molecule has 0 aliphatic heterocycles. The van der Waals surface area contributed by atoms with Crippen LogP contribution in [-0.2, 0) is 0 Å². The molecule has 3 nitrogen and oxygen atoms in total. The average Bonchev–Trinajstić information content (AvgIpc) is 2.60. The van der Waals surface area contributed by atoms with Crippen molar-refractivity contribution >= 4 is 60.4 Å². The monoisotopic (exact) mass is 469 g/mol. The number of hydrogen-bond acceptors (Lipinski definition) is 1. The Kier molecular flexibility index (Phi) is 3.94. The molecular formula is C11H6Br2INO2. The summed E-state index contributed by atoms with van der Waals surface area (Å²) in [7, 11) is 0. The lowest BCUT2D eigenvalue weighted by atomic mass is 10.3.